The van der Waals surface area contributed by atoms with Crippen LogP contribution in [0.4, 0.5) is 5.69 Å². The average molecular weight is 324 g/mol. The second kappa shape index (κ2) is 5.82. The van der Waals surface area contributed by atoms with Gasteiger partial charge < -0.3 is 14.6 Å². The lowest BCUT2D eigenvalue weighted by Gasteiger charge is -2.23. The summed E-state index contributed by atoms with van der Waals surface area (Å²) in [5.41, 5.74) is 3.73. The number of amides is 2. The summed E-state index contributed by atoms with van der Waals surface area (Å²) in [5.74, 6) is 0.955. The number of carbonyl (C=O) groups is 2. The molecule has 0 fully saturated rings. The first-order valence-electron chi connectivity index (χ1n) is 8.41. The van der Waals surface area contributed by atoms with Crippen LogP contribution in [0.1, 0.15) is 53.1 Å². The lowest BCUT2D eigenvalue weighted by atomic mass is 9.93. The zero-order chi connectivity index (χ0) is 16.7. The fraction of sp³-hybridized carbons (Fsp3) is 0.368. The van der Waals surface area contributed by atoms with E-state index in [1.165, 1.54) is 0 Å². The van der Waals surface area contributed by atoms with Crippen molar-refractivity contribution in [1.29, 1.82) is 0 Å². The second-order valence-electron chi connectivity index (χ2n) is 6.48. The van der Waals surface area contributed by atoms with Gasteiger partial charge in [-0.05, 0) is 49.1 Å². The SMILES string of the molecule is CC(=O)N1CCc2cc(C(=O)NC3CCCc4occc43)ccc21. The minimum Gasteiger partial charge on any atom is -0.469 e. The van der Waals surface area contributed by atoms with Gasteiger partial charge >= 0.3 is 0 Å². The molecular weight excluding hydrogens is 304 g/mol. The number of aryl methyl sites for hydroxylation is 1. The Balaban J connectivity index is 1.54. The predicted molar refractivity (Wildman–Crippen MR) is 90.0 cm³/mol. The van der Waals surface area contributed by atoms with Crippen molar-refractivity contribution < 1.29 is 14.0 Å². The van der Waals surface area contributed by atoms with Crippen LogP contribution >= 0.6 is 0 Å². The molecule has 5 heteroatoms. The molecule has 0 spiro atoms. The molecule has 1 aromatic heterocycles. The van der Waals surface area contributed by atoms with Gasteiger partial charge in [0.25, 0.3) is 5.91 Å². The van der Waals surface area contributed by atoms with Crippen molar-refractivity contribution in [1.82, 2.24) is 5.32 Å². The number of hydrogen-bond donors (Lipinski definition) is 1. The number of anilines is 1. The molecule has 124 valence electrons. The Kier molecular flexibility index (Phi) is 3.63. The third kappa shape index (κ3) is 2.50. The van der Waals surface area contributed by atoms with E-state index in [1.807, 2.05) is 18.2 Å². The highest BCUT2D eigenvalue weighted by Crippen LogP contribution is 2.32. The van der Waals surface area contributed by atoms with Crippen molar-refractivity contribution in [3.8, 4) is 0 Å². The monoisotopic (exact) mass is 324 g/mol. The van der Waals surface area contributed by atoms with Crippen molar-refractivity contribution in [2.75, 3.05) is 11.4 Å². The highest BCUT2D eigenvalue weighted by Gasteiger charge is 2.26. The molecule has 1 aliphatic heterocycles. The number of rotatable bonds is 2. The summed E-state index contributed by atoms with van der Waals surface area (Å²) in [6.07, 6.45) is 5.38. The number of furan rings is 1. The Morgan fingerprint density at radius 1 is 1.25 bits per heavy atom. The number of hydrogen-bond acceptors (Lipinski definition) is 3. The molecule has 2 aromatic rings. The molecule has 2 heterocycles. The van der Waals surface area contributed by atoms with Crippen LogP contribution in [0.5, 0.6) is 0 Å². The van der Waals surface area contributed by atoms with E-state index in [0.29, 0.717) is 12.1 Å². The summed E-state index contributed by atoms with van der Waals surface area (Å²) in [6.45, 7) is 2.26. The molecule has 4 rings (SSSR count). The number of nitrogens with one attached hydrogen (secondary N) is 1. The van der Waals surface area contributed by atoms with E-state index in [9.17, 15) is 9.59 Å². The first-order valence-corrected chi connectivity index (χ1v) is 8.41. The van der Waals surface area contributed by atoms with Crippen molar-refractivity contribution in [2.24, 2.45) is 0 Å². The van der Waals surface area contributed by atoms with Gasteiger partial charge in [0.1, 0.15) is 5.76 Å². The van der Waals surface area contributed by atoms with Crippen LogP contribution in [0.15, 0.2) is 34.9 Å². The molecule has 5 nitrogen and oxygen atoms in total. The summed E-state index contributed by atoms with van der Waals surface area (Å²) in [6, 6.07) is 7.55. The first-order chi connectivity index (χ1) is 11.6. The van der Waals surface area contributed by atoms with Gasteiger partial charge in [-0.1, -0.05) is 0 Å². The molecule has 1 aliphatic carbocycles. The van der Waals surface area contributed by atoms with E-state index < -0.39 is 0 Å². The molecule has 2 aliphatic rings. The van der Waals surface area contributed by atoms with Crippen molar-refractivity contribution in [3.05, 3.63) is 53.0 Å². The molecule has 1 atom stereocenters. The first kappa shape index (κ1) is 15.0. The lowest BCUT2D eigenvalue weighted by Crippen LogP contribution is -2.30. The number of fused-ring (bicyclic) bond motifs is 2. The van der Waals surface area contributed by atoms with Crippen LogP contribution in [0.25, 0.3) is 0 Å². The fourth-order valence-corrected chi connectivity index (χ4v) is 3.75. The van der Waals surface area contributed by atoms with Gasteiger partial charge in [0.2, 0.25) is 5.91 Å². The Hall–Kier alpha value is -2.56. The van der Waals surface area contributed by atoms with E-state index in [1.54, 1.807) is 24.2 Å². The Morgan fingerprint density at radius 2 is 2.12 bits per heavy atom. The van der Waals surface area contributed by atoms with E-state index in [4.69, 9.17) is 4.42 Å². The van der Waals surface area contributed by atoms with Crippen LogP contribution in [-0.2, 0) is 17.6 Å². The van der Waals surface area contributed by atoms with Crippen LogP contribution in [0, 0.1) is 0 Å². The van der Waals surface area contributed by atoms with Gasteiger partial charge in [-0.2, -0.15) is 0 Å². The van der Waals surface area contributed by atoms with Crippen LogP contribution in [-0.4, -0.2) is 18.4 Å². The van der Waals surface area contributed by atoms with Crippen molar-refractivity contribution in [3.63, 3.8) is 0 Å². The van der Waals surface area contributed by atoms with Crippen LogP contribution in [0.2, 0.25) is 0 Å². The topological polar surface area (TPSA) is 62.6 Å². The van der Waals surface area contributed by atoms with Gasteiger partial charge in [0.15, 0.2) is 0 Å². The summed E-state index contributed by atoms with van der Waals surface area (Å²) >= 11 is 0. The smallest absolute Gasteiger partial charge is 0.251 e. The normalized spacial score (nSPS) is 18.9. The fourth-order valence-electron chi connectivity index (χ4n) is 3.75. The van der Waals surface area contributed by atoms with Crippen LogP contribution < -0.4 is 10.2 Å². The number of carbonyl (C=O) groups excluding carboxylic acids is 2. The van der Waals surface area contributed by atoms with Gasteiger partial charge in [-0.25, -0.2) is 0 Å². The summed E-state index contributed by atoms with van der Waals surface area (Å²) in [7, 11) is 0. The van der Waals surface area contributed by atoms with Gasteiger partial charge in [-0.3, -0.25) is 9.59 Å². The zero-order valence-corrected chi connectivity index (χ0v) is 13.7. The summed E-state index contributed by atoms with van der Waals surface area (Å²) < 4.78 is 5.48. The van der Waals surface area contributed by atoms with Gasteiger partial charge in [0.05, 0.1) is 12.3 Å². The second-order valence-corrected chi connectivity index (χ2v) is 6.48. The summed E-state index contributed by atoms with van der Waals surface area (Å²) in [4.78, 5) is 26.0. The number of benzene rings is 1. The molecule has 1 unspecified atom stereocenters. The molecule has 0 saturated carbocycles. The van der Waals surface area contributed by atoms with Crippen LogP contribution in [0.3, 0.4) is 0 Å². The standard InChI is InChI=1S/C19H20N2O3/c1-12(22)21-9-7-13-11-14(5-6-17(13)21)19(23)20-16-3-2-4-18-15(16)8-10-24-18/h5-6,8,10-11,16H,2-4,7,9H2,1H3,(H,20,23). The highest BCUT2D eigenvalue weighted by molar-refractivity contribution is 5.98. The third-order valence-corrected chi connectivity index (χ3v) is 4.97. The van der Waals surface area contributed by atoms with E-state index in [2.05, 4.69) is 5.32 Å². The zero-order valence-electron chi connectivity index (χ0n) is 13.7. The minimum absolute atomic E-state index is 0.0157. The summed E-state index contributed by atoms with van der Waals surface area (Å²) in [5, 5.41) is 3.12. The predicted octanol–water partition coefficient (Wildman–Crippen LogP) is 3.00. The highest BCUT2D eigenvalue weighted by atomic mass is 16.3. The molecule has 0 saturated heterocycles. The molecule has 0 radical (unpaired) electrons. The maximum Gasteiger partial charge on any atom is 0.251 e. The maximum absolute atomic E-state index is 12.6. The number of nitrogens with zero attached hydrogens (tertiary/aromatic N) is 1. The molecule has 24 heavy (non-hydrogen) atoms. The quantitative estimate of drug-likeness (QED) is 0.924. The average Bonchev–Trinajstić information content (AvgIpc) is 3.21. The van der Waals surface area contributed by atoms with Gasteiger partial charge in [0, 0.05) is 36.7 Å². The van der Waals surface area contributed by atoms with Crippen molar-refractivity contribution in [2.45, 2.75) is 38.6 Å². The Labute approximate surface area is 140 Å². The Bertz CT molecular complexity index is 809. The molecule has 0 bridgehead atoms. The maximum atomic E-state index is 12.6. The lowest BCUT2D eigenvalue weighted by molar-refractivity contribution is -0.116. The third-order valence-electron chi connectivity index (χ3n) is 4.97. The van der Waals surface area contributed by atoms with E-state index >= 15 is 0 Å². The molecule has 2 amide bonds. The minimum atomic E-state index is -0.0712. The van der Waals surface area contributed by atoms with E-state index in [0.717, 1.165) is 48.3 Å². The Morgan fingerprint density at radius 3 is 2.96 bits per heavy atom. The van der Waals surface area contributed by atoms with Crippen molar-refractivity contribution >= 4 is 17.5 Å². The largest absolute Gasteiger partial charge is 0.469 e. The van der Waals surface area contributed by atoms with Gasteiger partial charge in [-0.15, -0.1) is 0 Å². The van der Waals surface area contributed by atoms with E-state index in [-0.39, 0.29) is 17.9 Å². The molecular formula is C19H20N2O3. The molecule has 1 N–H and O–H groups in total. The molecule has 1 aromatic carbocycles.